The predicted molar refractivity (Wildman–Crippen MR) is 136 cm³/mol. The number of carbonyl (C=O) groups is 2. The molecule has 0 radical (unpaired) electrons. The number of amides is 2. The highest BCUT2D eigenvalue weighted by atomic mass is 35.5. The van der Waals surface area contributed by atoms with Crippen molar-refractivity contribution >= 4 is 23.4 Å². The Morgan fingerprint density at radius 1 is 0.971 bits per heavy atom. The summed E-state index contributed by atoms with van der Waals surface area (Å²) in [6, 6.07) is 22.1. The zero-order chi connectivity index (χ0) is 24.5. The smallest absolute Gasteiger partial charge is 0.261 e. The summed E-state index contributed by atoms with van der Waals surface area (Å²) in [7, 11) is 0. The third-order valence-electron chi connectivity index (χ3n) is 5.57. The summed E-state index contributed by atoms with van der Waals surface area (Å²) >= 11 is 6.05. The van der Waals surface area contributed by atoms with Gasteiger partial charge in [0.1, 0.15) is 11.8 Å². The predicted octanol–water partition coefficient (Wildman–Crippen LogP) is 5.11. The highest BCUT2D eigenvalue weighted by Crippen LogP contribution is 2.20. The van der Waals surface area contributed by atoms with Crippen LogP contribution in [0, 0.1) is 13.8 Å². The van der Waals surface area contributed by atoms with E-state index in [0.29, 0.717) is 23.7 Å². The minimum atomic E-state index is -0.687. The Kier molecular flexibility index (Phi) is 9.11. The molecule has 0 bridgehead atoms. The van der Waals surface area contributed by atoms with Crippen LogP contribution in [-0.4, -0.2) is 35.9 Å². The van der Waals surface area contributed by atoms with Gasteiger partial charge in [-0.3, -0.25) is 9.59 Å². The number of nitrogens with zero attached hydrogens (tertiary/aromatic N) is 1. The zero-order valence-electron chi connectivity index (χ0n) is 19.9. The minimum Gasteiger partial charge on any atom is -0.483 e. The van der Waals surface area contributed by atoms with Gasteiger partial charge in [0.2, 0.25) is 5.91 Å². The van der Waals surface area contributed by atoms with E-state index in [4.69, 9.17) is 16.3 Å². The Morgan fingerprint density at radius 3 is 2.32 bits per heavy atom. The molecule has 5 nitrogen and oxygen atoms in total. The Morgan fingerprint density at radius 2 is 1.68 bits per heavy atom. The fourth-order valence-electron chi connectivity index (χ4n) is 3.82. The van der Waals surface area contributed by atoms with Crippen LogP contribution >= 0.6 is 11.6 Å². The van der Waals surface area contributed by atoms with Crippen LogP contribution in [0.4, 0.5) is 0 Å². The van der Waals surface area contributed by atoms with E-state index in [0.717, 1.165) is 22.3 Å². The number of hydrogen-bond acceptors (Lipinski definition) is 3. The largest absolute Gasteiger partial charge is 0.483 e. The van der Waals surface area contributed by atoms with Gasteiger partial charge in [-0.25, -0.2) is 0 Å². The van der Waals surface area contributed by atoms with Crippen molar-refractivity contribution in [3.63, 3.8) is 0 Å². The average Bonchev–Trinajstić information content (AvgIpc) is 2.82. The second-order valence-electron chi connectivity index (χ2n) is 8.31. The molecule has 0 aromatic heterocycles. The van der Waals surface area contributed by atoms with Crippen molar-refractivity contribution in [2.24, 2.45) is 0 Å². The Bertz CT molecular complexity index is 1100. The third kappa shape index (κ3) is 7.09. The molecule has 3 aromatic rings. The molecule has 6 heteroatoms. The minimum absolute atomic E-state index is 0.164. The molecule has 0 aliphatic rings. The second kappa shape index (κ2) is 12.2. The molecule has 178 valence electrons. The first-order chi connectivity index (χ1) is 16.4. The van der Waals surface area contributed by atoms with Gasteiger partial charge < -0.3 is 15.0 Å². The van der Waals surface area contributed by atoms with E-state index in [1.807, 2.05) is 81.4 Å². The Labute approximate surface area is 206 Å². The topological polar surface area (TPSA) is 58.6 Å². The van der Waals surface area contributed by atoms with Crippen molar-refractivity contribution in [1.82, 2.24) is 10.2 Å². The third-order valence-corrected chi connectivity index (χ3v) is 5.82. The molecular weight excluding hydrogens is 448 g/mol. The quantitative estimate of drug-likeness (QED) is 0.440. The van der Waals surface area contributed by atoms with E-state index in [2.05, 4.69) is 5.32 Å². The summed E-state index contributed by atoms with van der Waals surface area (Å²) in [6.07, 6.45) is 0.398. The molecule has 0 heterocycles. The van der Waals surface area contributed by atoms with Crippen molar-refractivity contribution in [3.8, 4) is 5.75 Å². The van der Waals surface area contributed by atoms with E-state index < -0.39 is 6.04 Å². The van der Waals surface area contributed by atoms with E-state index in [1.165, 1.54) is 0 Å². The molecule has 0 saturated carbocycles. The van der Waals surface area contributed by atoms with Gasteiger partial charge >= 0.3 is 0 Å². The molecule has 34 heavy (non-hydrogen) atoms. The van der Waals surface area contributed by atoms with E-state index in [9.17, 15) is 9.59 Å². The van der Waals surface area contributed by atoms with Gasteiger partial charge in [0.25, 0.3) is 5.91 Å². The number of halogens is 1. The summed E-state index contributed by atoms with van der Waals surface area (Å²) in [5.41, 5.74) is 3.94. The van der Waals surface area contributed by atoms with Gasteiger partial charge in [-0.1, -0.05) is 71.8 Å². The molecular formula is C28H31ClN2O3. The summed E-state index contributed by atoms with van der Waals surface area (Å²) in [5.74, 6) is 0.199. The summed E-state index contributed by atoms with van der Waals surface area (Å²) in [5, 5.41) is 3.51. The number of carbonyl (C=O) groups excluding carboxylic acids is 2. The van der Waals surface area contributed by atoms with Gasteiger partial charge in [-0.2, -0.15) is 0 Å². The summed E-state index contributed by atoms with van der Waals surface area (Å²) in [4.78, 5) is 28.2. The lowest BCUT2D eigenvalue weighted by molar-refractivity contribution is -0.142. The Balaban J connectivity index is 1.89. The number of rotatable bonds is 10. The average molecular weight is 479 g/mol. The maximum absolute atomic E-state index is 13.5. The normalized spacial score (nSPS) is 11.5. The number of aryl methyl sites for hydroxylation is 2. The lowest BCUT2D eigenvalue weighted by atomic mass is 10.0. The van der Waals surface area contributed by atoms with Crippen LogP contribution in [0.5, 0.6) is 5.75 Å². The molecule has 1 unspecified atom stereocenters. The van der Waals surface area contributed by atoms with Crippen LogP contribution in [0.15, 0.2) is 72.8 Å². The summed E-state index contributed by atoms with van der Waals surface area (Å²) < 4.78 is 5.89. The fraction of sp³-hybridized carbons (Fsp3) is 0.286. The van der Waals surface area contributed by atoms with Crippen LogP contribution in [0.2, 0.25) is 5.02 Å². The molecule has 0 aliphatic carbocycles. The number of hydrogen-bond donors (Lipinski definition) is 1. The first-order valence-corrected chi connectivity index (χ1v) is 11.8. The molecule has 0 saturated heterocycles. The number of benzene rings is 3. The molecule has 3 aromatic carbocycles. The maximum Gasteiger partial charge on any atom is 0.261 e. The van der Waals surface area contributed by atoms with E-state index in [1.54, 1.807) is 17.0 Å². The molecule has 3 rings (SSSR count). The van der Waals surface area contributed by atoms with Crippen molar-refractivity contribution in [1.29, 1.82) is 0 Å². The van der Waals surface area contributed by atoms with Crippen molar-refractivity contribution in [2.45, 2.75) is 39.8 Å². The van der Waals surface area contributed by atoms with Crippen molar-refractivity contribution < 1.29 is 14.3 Å². The number of nitrogens with one attached hydrogen (secondary N) is 1. The molecule has 0 spiro atoms. The van der Waals surface area contributed by atoms with Gasteiger partial charge in [0, 0.05) is 24.5 Å². The monoisotopic (exact) mass is 478 g/mol. The number of likely N-dealkylation sites (N-methyl/N-ethyl adjacent to an activating group) is 1. The first-order valence-electron chi connectivity index (χ1n) is 11.4. The maximum atomic E-state index is 13.5. The van der Waals surface area contributed by atoms with Gasteiger partial charge in [-0.05, 0) is 55.7 Å². The molecule has 0 aliphatic heterocycles. The SMILES string of the molecule is CCNC(=O)C(Cc1ccccc1)N(Cc1ccc(Cl)cc1)C(=O)COc1ccc(C)cc1C. The van der Waals surface area contributed by atoms with Crippen molar-refractivity contribution in [2.75, 3.05) is 13.2 Å². The zero-order valence-corrected chi connectivity index (χ0v) is 20.6. The van der Waals surface area contributed by atoms with Crippen LogP contribution < -0.4 is 10.1 Å². The molecule has 0 fully saturated rings. The van der Waals surface area contributed by atoms with Crippen molar-refractivity contribution in [3.05, 3.63) is 100 Å². The van der Waals surface area contributed by atoms with Crippen LogP contribution in [0.3, 0.4) is 0 Å². The number of ether oxygens (including phenoxy) is 1. The lowest BCUT2D eigenvalue weighted by Crippen LogP contribution is -2.51. The van der Waals surface area contributed by atoms with Gasteiger partial charge in [-0.15, -0.1) is 0 Å². The standard InChI is InChI=1S/C28H31ClN2O3/c1-4-30-28(33)25(17-22-8-6-5-7-9-22)31(18-23-11-13-24(29)14-12-23)27(32)19-34-26-15-10-20(2)16-21(26)3/h5-16,25H,4,17-19H2,1-3H3,(H,30,33). The first kappa shape index (κ1) is 25.3. The van der Waals surface area contributed by atoms with Crippen LogP contribution in [0.25, 0.3) is 0 Å². The fourth-order valence-corrected chi connectivity index (χ4v) is 3.94. The molecule has 2 amide bonds. The van der Waals surface area contributed by atoms with Crippen LogP contribution in [-0.2, 0) is 22.6 Å². The molecule has 1 atom stereocenters. The Hall–Kier alpha value is -3.31. The van der Waals surface area contributed by atoms with Crippen LogP contribution in [0.1, 0.15) is 29.2 Å². The van der Waals surface area contributed by atoms with E-state index >= 15 is 0 Å². The van der Waals surface area contributed by atoms with Gasteiger partial charge in [0.15, 0.2) is 6.61 Å². The van der Waals surface area contributed by atoms with Gasteiger partial charge in [0.05, 0.1) is 0 Å². The highest BCUT2D eigenvalue weighted by Gasteiger charge is 2.30. The highest BCUT2D eigenvalue weighted by molar-refractivity contribution is 6.30. The second-order valence-corrected chi connectivity index (χ2v) is 8.74. The molecule has 1 N–H and O–H groups in total. The lowest BCUT2D eigenvalue weighted by Gasteiger charge is -2.31. The van der Waals surface area contributed by atoms with E-state index in [-0.39, 0.29) is 25.0 Å². The summed E-state index contributed by atoms with van der Waals surface area (Å²) in [6.45, 7) is 6.41.